The van der Waals surface area contributed by atoms with Crippen LogP contribution in [0.2, 0.25) is 5.02 Å². The van der Waals surface area contributed by atoms with E-state index < -0.39 is 0 Å². The number of urea groups is 1. The molecule has 0 saturated carbocycles. The monoisotopic (exact) mass is 523 g/mol. The molecule has 3 aliphatic heterocycles. The van der Waals surface area contributed by atoms with Crippen LogP contribution < -0.4 is 15.4 Å². The van der Waals surface area contributed by atoms with Crippen molar-refractivity contribution in [3.8, 4) is 5.75 Å². The molecule has 0 aliphatic carbocycles. The number of hydrogen-bond acceptors (Lipinski definition) is 3. The van der Waals surface area contributed by atoms with Crippen LogP contribution in [0.4, 0.5) is 10.5 Å². The van der Waals surface area contributed by atoms with Crippen LogP contribution in [0.15, 0.2) is 48.5 Å². The van der Waals surface area contributed by atoms with Crippen LogP contribution in [0.1, 0.15) is 76.7 Å². The van der Waals surface area contributed by atoms with Crippen LogP contribution in [0.25, 0.3) is 0 Å². The standard InChI is InChI=1S/C31H42ClN3O2/c1-21(2)3-4-22-17-27-19-30(20-28(18-22)33-27)37-29-11-9-26(10-12-29)34-31(36)35-15-13-24(14-16-35)23-5-7-25(32)8-6-23/h5-12,21-22,24,27-28,30,33H,3-4,13-20H2,1-2H3,(H,34,36)/t22?,27-,28+,30?. The van der Waals surface area contributed by atoms with Crippen molar-refractivity contribution in [3.05, 3.63) is 59.1 Å². The van der Waals surface area contributed by atoms with Crippen LogP contribution in [-0.2, 0) is 0 Å². The summed E-state index contributed by atoms with van der Waals surface area (Å²) in [6.07, 6.45) is 9.65. The smallest absolute Gasteiger partial charge is 0.321 e. The van der Waals surface area contributed by atoms with Crippen molar-refractivity contribution in [2.45, 2.75) is 89.3 Å². The second-order valence-corrected chi connectivity index (χ2v) is 12.3. The fourth-order valence-electron chi connectivity index (χ4n) is 6.49. The van der Waals surface area contributed by atoms with Crippen molar-refractivity contribution in [2.75, 3.05) is 18.4 Å². The minimum atomic E-state index is -0.0265. The molecule has 3 saturated heterocycles. The van der Waals surface area contributed by atoms with E-state index in [-0.39, 0.29) is 12.1 Å². The largest absolute Gasteiger partial charge is 0.490 e. The van der Waals surface area contributed by atoms with Gasteiger partial charge in [-0.3, -0.25) is 0 Å². The molecule has 2 aromatic rings. The summed E-state index contributed by atoms with van der Waals surface area (Å²) in [5.74, 6) is 3.04. The molecule has 2 unspecified atom stereocenters. The molecule has 5 rings (SSSR count). The van der Waals surface area contributed by atoms with Crippen LogP contribution in [0, 0.1) is 11.8 Å². The molecule has 3 fully saturated rings. The number of nitrogens with one attached hydrogen (secondary N) is 2. The van der Waals surface area contributed by atoms with Crippen molar-refractivity contribution in [2.24, 2.45) is 11.8 Å². The summed E-state index contributed by atoms with van der Waals surface area (Å²) in [5.41, 5.74) is 2.12. The topological polar surface area (TPSA) is 53.6 Å². The quantitative estimate of drug-likeness (QED) is 0.396. The third-order valence-electron chi connectivity index (χ3n) is 8.49. The van der Waals surface area contributed by atoms with Gasteiger partial charge in [-0.15, -0.1) is 0 Å². The summed E-state index contributed by atoms with van der Waals surface area (Å²) < 4.78 is 6.39. The average molecular weight is 524 g/mol. The van der Waals surface area contributed by atoms with E-state index in [0.717, 1.165) is 67.1 Å². The van der Waals surface area contributed by atoms with Gasteiger partial charge >= 0.3 is 6.03 Å². The Bertz CT molecular complexity index is 1000. The van der Waals surface area contributed by atoms with Crippen LogP contribution in [0.5, 0.6) is 5.75 Å². The minimum absolute atomic E-state index is 0.0265. The fraction of sp³-hybridized carbons (Fsp3) is 0.581. The van der Waals surface area contributed by atoms with E-state index in [0.29, 0.717) is 18.0 Å². The Morgan fingerprint density at radius 3 is 2.27 bits per heavy atom. The highest BCUT2D eigenvalue weighted by molar-refractivity contribution is 6.30. The average Bonchev–Trinajstić information content (AvgIpc) is 2.89. The van der Waals surface area contributed by atoms with E-state index >= 15 is 0 Å². The number of rotatable bonds is 7. The predicted octanol–water partition coefficient (Wildman–Crippen LogP) is 7.47. The molecule has 0 radical (unpaired) electrons. The molecular formula is C31H42ClN3O2. The Labute approximate surface area is 227 Å². The molecule has 2 aromatic carbocycles. The van der Waals surface area contributed by atoms with E-state index in [2.05, 4.69) is 36.6 Å². The van der Waals surface area contributed by atoms with Gasteiger partial charge in [0.1, 0.15) is 11.9 Å². The van der Waals surface area contributed by atoms with E-state index in [1.54, 1.807) is 0 Å². The van der Waals surface area contributed by atoms with Crippen molar-refractivity contribution in [1.29, 1.82) is 0 Å². The highest BCUT2D eigenvalue weighted by atomic mass is 35.5. The van der Waals surface area contributed by atoms with E-state index in [1.165, 1.54) is 31.2 Å². The number of carbonyl (C=O) groups excluding carboxylic acids is 1. The normalized spacial score (nSPS) is 26.2. The van der Waals surface area contributed by atoms with Gasteiger partial charge in [0.25, 0.3) is 0 Å². The Kier molecular flexibility index (Phi) is 8.61. The third kappa shape index (κ3) is 7.20. The molecule has 2 amide bonds. The number of piperidine rings is 3. The summed E-state index contributed by atoms with van der Waals surface area (Å²) in [7, 11) is 0. The lowest BCUT2D eigenvalue weighted by Gasteiger charge is -2.43. The molecule has 0 spiro atoms. The number of ether oxygens (including phenoxy) is 1. The van der Waals surface area contributed by atoms with Crippen molar-refractivity contribution < 1.29 is 9.53 Å². The number of fused-ring (bicyclic) bond motifs is 2. The maximum atomic E-state index is 12.8. The number of likely N-dealkylation sites (tertiary alicyclic amines) is 1. The van der Waals surface area contributed by atoms with Gasteiger partial charge in [0.05, 0.1) is 0 Å². The predicted molar refractivity (Wildman–Crippen MR) is 152 cm³/mol. The number of benzene rings is 2. The number of carbonyl (C=O) groups is 1. The first-order valence-corrected chi connectivity index (χ1v) is 14.6. The Morgan fingerprint density at radius 1 is 1.00 bits per heavy atom. The number of anilines is 1. The van der Waals surface area contributed by atoms with Crippen molar-refractivity contribution in [1.82, 2.24) is 10.2 Å². The van der Waals surface area contributed by atoms with Gasteiger partial charge in [0.2, 0.25) is 0 Å². The maximum absolute atomic E-state index is 12.8. The van der Waals surface area contributed by atoms with Gasteiger partial charge in [-0.25, -0.2) is 4.79 Å². The second-order valence-electron chi connectivity index (χ2n) is 11.8. The highest BCUT2D eigenvalue weighted by Gasteiger charge is 2.36. The SMILES string of the molecule is CC(C)CCC1C[C@@H]2CC(Oc3ccc(NC(=O)N4CCC(c5ccc(Cl)cc5)CC4)cc3)C[C@H](C1)N2. The maximum Gasteiger partial charge on any atom is 0.321 e. The van der Waals surface area contributed by atoms with Crippen LogP contribution in [0.3, 0.4) is 0 Å². The van der Waals surface area contributed by atoms with E-state index in [9.17, 15) is 4.79 Å². The van der Waals surface area contributed by atoms with Gasteiger partial charge in [-0.1, -0.05) is 50.4 Å². The van der Waals surface area contributed by atoms with Crippen LogP contribution >= 0.6 is 11.6 Å². The molecule has 3 heterocycles. The first-order chi connectivity index (χ1) is 17.9. The third-order valence-corrected chi connectivity index (χ3v) is 8.74. The minimum Gasteiger partial charge on any atom is -0.490 e. The van der Waals surface area contributed by atoms with Gasteiger partial charge in [-0.05, 0) is 98.2 Å². The van der Waals surface area contributed by atoms with Crippen molar-refractivity contribution >= 4 is 23.3 Å². The summed E-state index contributed by atoms with van der Waals surface area (Å²) in [6.45, 7) is 6.18. The number of amides is 2. The molecule has 0 aromatic heterocycles. The summed E-state index contributed by atoms with van der Waals surface area (Å²) in [6, 6.07) is 17.1. The van der Waals surface area contributed by atoms with Gasteiger partial charge in [0, 0.05) is 35.9 Å². The molecular weight excluding hydrogens is 482 g/mol. The molecule has 6 heteroatoms. The lowest BCUT2D eigenvalue weighted by molar-refractivity contribution is 0.0711. The molecule has 2 N–H and O–H groups in total. The Morgan fingerprint density at radius 2 is 1.65 bits per heavy atom. The Balaban J connectivity index is 1.06. The zero-order valence-electron chi connectivity index (χ0n) is 22.3. The lowest BCUT2D eigenvalue weighted by Crippen LogP contribution is -2.53. The summed E-state index contributed by atoms with van der Waals surface area (Å²) in [5, 5.41) is 7.66. The van der Waals surface area contributed by atoms with E-state index in [4.69, 9.17) is 16.3 Å². The number of halogens is 1. The molecule has 5 nitrogen and oxygen atoms in total. The molecule has 2 bridgehead atoms. The van der Waals surface area contributed by atoms with E-state index in [1.807, 2.05) is 41.3 Å². The summed E-state index contributed by atoms with van der Waals surface area (Å²) >= 11 is 6.02. The molecule has 200 valence electrons. The first-order valence-electron chi connectivity index (χ1n) is 14.3. The number of hydrogen-bond donors (Lipinski definition) is 2. The number of nitrogens with zero attached hydrogens (tertiary/aromatic N) is 1. The fourth-order valence-corrected chi connectivity index (χ4v) is 6.62. The Hall–Kier alpha value is -2.24. The van der Waals surface area contributed by atoms with Gasteiger partial charge in [0.15, 0.2) is 0 Å². The van der Waals surface area contributed by atoms with Crippen molar-refractivity contribution in [3.63, 3.8) is 0 Å². The van der Waals surface area contributed by atoms with Gasteiger partial charge in [-0.2, -0.15) is 0 Å². The molecule has 37 heavy (non-hydrogen) atoms. The lowest BCUT2D eigenvalue weighted by atomic mass is 9.77. The molecule has 4 atom stereocenters. The first kappa shape index (κ1) is 26.4. The molecule has 3 aliphatic rings. The second kappa shape index (κ2) is 12.1. The zero-order chi connectivity index (χ0) is 25.8. The van der Waals surface area contributed by atoms with Gasteiger partial charge < -0.3 is 20.3 Å². The zero-order valence-corrected chi connectivity index (χ0v) is 23.1. The van der Waals surface area contributed by atoms with Crippen LogP contribution in [-0.4, -0.2) is 42.2 Å². The summed E-state index contributed by atoms with van der Waals surface area (Å²) in [4.78, 5) is 14.8. The highest BCUT2D eigenvalue weighted by Crippen LogP contribution is 2.35.